The number of hydrogen-bond donors (Lipinski definition) is 1. The third-order valence-corrected chi connectivity index (χ3v) is 2.43. The van der Waals surface area contributed by atoms with Crippen LogP contribution in [0, 0.1) is 0 Å². The maximum Gasteiger partial charge on any atom is 0.181 e. The summed E-state index contributed by atoms with van der Waals surface area (Å²) in [4.78, 5) is 11.9. The van der Waals surface area contributed by atoms with E-state index in [2.05, 4.69) is 6.92 Å². The van der Waals surface area contributed by atoms with Gasteiger partial charge in [0.25, 0.3) is 0 Å². The number of methoxy groups -OCH3 is 1. The molecule has 0 saturated carbocycles. The van der Waals surface area contributed by atoms with E-state index in [1.54, 1.807) is 13.2 Å². The number of nitrogens with two attached hydrogens (primary N) is 1. The van der Waals surface area contributed by atoms with Gasteiger partial charge >= 0.3 is 0 Å². The van der Waals surface area contributed by atoms with Gasteiger partial charge in [0.1, 0.15) is 0 Å². The molecule has 1 atom stereocenters. The molecular formula is C13H19NO2. The number of carbonyl (C=O) groups excluding carboxylic acids is 1. The summed E-state index contributed by atoms with van der Waals surface area (Å²) >= 11 is 0. The third kappa shape index (κ3) is 3.43. The second kappa shape index (κ2) is 6.40. The van der Waals surface area contributed by atoms with Gasteiger partial charge < -0.3 is 10.5 Å². The summed E-state index contributed by atoms with van der Waals surface area (Å²) in [5.41, 5.74) is 7.56. The maximum absolute atomic E-state index is 11.9. The van der Waals surface area contributed by atoms with E-state index in [9.17, 15) is 4.79 Å². The van der Waals surface area contributed by atoms with Crippen molar-refractivity contribution in [2.24, 2.45) is 5.73 Å². The number of aryl methyl sites for hydroxylation is 1. The summed E-state index contributed by atoms with van der Waals surface area (Å²) < 4.78 is 4.88. The first kappa shape index (κ1) is 12.9. The zero-order valence-corrected chi connectivity index (χ0v) is 9.90. The minimum atomic E-state index is -0.568. The van der Waals surface area contributed by atoms with Crippen LogP contribution in [0.5, 0.6) is 0 Å². The Hall–Kier alpha value is -1.19. The van der Waals surface area contributed by atoms with E-state index in [0.717, 1.165) is 12.8 Å². The van der Waals surface area contributed by atoms with Gasteiger partial charge in [-0.3, -0.25) is 4.79 Å². The van der Waals surface area contributed by atoms with Crippen molar-refractivity contribution in [3.63, 3.8) is 0 Å². The second-order valence-corrected chi connectivity index (χ2v) is 3.88. The summed E-state index contributed by atoms with van der Waals surface area (Å²) in [7, 11) is 1.54. The van der Waals surface area contributed by atoms with Gasteiger partial charge in [-0.1, -0.05) is 31.5 Å². The first-order valence-corrected chi connectivity index (χ1v) is 5.56. The number of ether oxygens (including phenoxy) is 1. The van der Waals surface area contributed by atoms with Gasteiger partial charge in [-0.15, -0.1) is 0 Å². The van der Waals surface area contributed by atoms with Crippen molar-refractivity contribution < 1.29 is 9.53 Å². The van der Waals surface area contributed by atoms with Crippen LogP contribution >= 0.6 is 0 Å². The highest BCUT2D eigenvalue weighted by atomic mass is 16.5. The lowest BCUT2D eigenvalue weighted by Crippen LogP contribution is -2.34. The van der Waals surface area contributed by atoms with E-state index in [0.29, 0.717) is 5.56 Å². The van der Waals surface area contributed by atoms with Gasteiger partial charge in [-0.05, 0) is 18.1 Å². The van der Waals surface area contributed by atoms with Crippen LogP contribution in [-0.2, 0) is 11.2 Å². The molecule has 1 unspecified atom stereocenters. The largest absolute Gasteiger partial charge is 0.383 e. The minimum absolute atomic E-state index is 0.0557. The Kier molecular flexibility index (Phi) is 5.15. The number of rotatable bonds is 6. The molecule has 0 bridgehead atoms. The summed E-state index contributed by atoms with van der Waals surface area (Å²) in [6, 6.07) is 7.08. The number of carbonyl (C=O) groups is 1. The van der Waals surface area contributed by atoms with Crippen molar-refractivity contribution in [1.82, 2.24) is 0 Å². The molecule has 2 N–H and O–H groups in total. The maximum atomic E-state index is 11.9. The molecule has 0 heterocycles. The molecule has 0 saturated heterocycles. The van der Waals surface area contributed by atoms with Gasteiger partial charge in [-0.25, -0.2) is 0 Å². The van der Waals surface area contributed by atoms with Gasteiger partial charge in [-0.2, -0.15) is 0 Å². The lowest BCUT2D eigenvalue weighted by atomic mass is 10.0. The highest BCUT2D eigenvalue weighted by molar-refractivity contribution is 6.00. The highest BCUT2D eigenvalue weighted by Crippen LogP contribution is 2.09. The van der Waals surface area contributed by atoms with Crippen LogP contribution in [0.1, 0.15) is 29.3 Å². The Balaban J connectivity index is 2.78. The first-order valence-electron chi connectivity index (χ1n) is 5.56. The molecule has 0 radical (unpaired) electrons. The van der Waals surface area contributed by atoms with E-state index in [1.165, 1.54) is 5.56 Å². The third-order valence-electron chi connectivity index (χ3n) is 2.43. The molecule has 0 fully saturated rings. The first-order chi connectivity index (χ1) is 7.69. The highest BCUT2D eigenvalue weighted by Gasteiger charge is 2.15. The molecule has 16 heavy (non-hydrogen) atoms. The molecule has 3 nitrogen and oxygen atoms in total. The Morgan fingerprint density at radius 3 is 2.88 bits per heavy atom. The number of ketones is 1. The quantitative estimate of drug-likeness (QED) is 0.745. The van der Waals surface area contributed by atoms with Crippen LogP contribution in [-0.4, -0.2) is 25.5 Å². The predicted molar refractivity (Wildman–Crippen MR) is 64.6 cm³/mol. The summed E-state index contributed by atoms with van der Waals surface area (Å²) in [6.45, 7) is 2.38. The fourth-order valence-electron chi connectivity index (χ4n) is 1.64. The molecule has 1 aromatic rings. The topological polar surface area (TPSA) is 52.3 Å². The lowest BCUT2D eigenvalue weighted by Gasteiger charge is -2.10. The van der Waals surface area contributed by atoms with Crippen LogP contribution in [0.25, 0.3) is 0 Å². The Labute approximate surface area is 96.6 Å². The van der Waals surface area contributed by atoms with Gasteiger partial charge in [0, 0.05) is 12.7 Å². The number of Topliss-reactive ketones (excluding diaryl/α,β-unsaturated/α-hetero) is 1. The monoisotopic (exact) mass is 221 g/mol. The van der Waals surface area contributed by atoms with Crippen LogP contribution in [0.4, 0.5) is 0 Å². The van der Waals surface area contributed by atoms with Crippen LogP contribution in [0.3, 0.4) is 0 Å². The van der Waals surface area contributed by atoms with Crippen LogP contribution in [0.15, 0.2) is 24.3 Å². The molecule has 0 amide bonds. The Morgan fingerprint density at radius 1 is 1.50 bits per heavy atom. The molecule has 3 heteroatoms. The number of hydrogen-bond acceptors (Lipinski definition) is 3. The van der Waals surface area contributed by atoms with E-state index >= 15 is 0 Å². The molecule has 0 spiro atoms. The van der Waals surface area contributed by atoms with Gasteiger partial charge in [0.05, 0.1) is 12.6 Å². The average molecular weight is 221 g/mol. The SMILES string of the molecule is CCCc1cccc(C(=O)C(N)COC)c1. The predicted octanol–water partition coefficient (Wildman–Crippen LogP) is 1.80. The van der Waals surface area contributed by atoms with Crippen molar-refractivity contribution in [3.8, 4) is 0 Å². The summed E-state index contributed by atoms with van der Waals surface area (Å²) in [6.07, 6.45) is 2.06. The molecular weight excluding hydrogens is 202 g/mol. The molecule has 1 rings (SSSR count). The van der Waals surface area contributed by atoms with Crippen LogP contribution in [0.2, 0.25) is 0 Å². The average Bonchev–Trinajstić information content (AvgIpc) is 2.29. The molecule has 0 aliphatic heterocycles. The minimum Gasteiger partial charge on any atom is -0.383 e. The smallest absolute Gasteiger partial charge is 0.181 e. The fourth-order valence-corrected chi connectivity index (χ4v) is 1.64. The van der Waals surface area contributed by atoms with Crippen molar-refractivity contribution in [3.05, 3.63) is 35.4 Å². The van der Waals surface area contributed by atoms with E-state index in [4.69, 9.17) is 10.5 Å². The summed E-state index contributed by atoms with van der Waals surface area (Å²) in [5.74, 6) is -0.0557. The van der Waals surface area contributed by atoms with Gasteiger partial charge in [0.2, 0.25) is 0 Å². The summed E-state index contributed by atoms with van der Waals surface area (Å²) in [5, 5.41) is 0. The van der Waals surface area contributed by atoms with Crippen LogP contribution < -0.4 is 5.73 Å². The van der Waals surface area contributed by atoms with Crippen molar-refractivity contribution in [1.29, 1.82) is 0 Å². The van der Waals surface area contributed by atoms with Crippen molar-refractivity contribution >= 4 is 5.78 Å². The van der Waals surface area contributed by atoms with E-state index < -0.39 is 6.04 Å². The molecule has 88 valence electrons. The van der Waals surface area contributed by atoms with E-state index in [-0.39, 0.29) is 12.4 Å². The molecule has 0 aliphatic rings. The van der Waals surface area contributed by atoms with Gasteiger partial charge in [0.15, 0.2) is 5.78 Å². The normalized spacial score (nSPS) is 12.4. The standard InChI is InChI=1S/C13H19NO2/c1-3-5-10-6-4-7-11(8-10)13(15)12(14)9-16-2/h4,6-8,12H,3,5,9,14H2,1-2H3. The molecule has 0 aromatic heterocycles. The zero-order chi connectivity index (χ0) is 12.0. The fraction of sp³-hybridized carbons (Fsp3) is 0.462. The molecule has 1 aromatic carbocycles. The van der Waals surface area contributed by atoms with Crippen molar-refractivity contribution in [2.75, 3.05) is 13.7 Å². The molecule has 0 aliphatic carbocycles. The van der Waals surface area contributed by atoms with Crippen molar-refractivity contribution in [2.45, 2.75) is 25.8 Å². The Bertz CT molecular complexity index is 350. The second-order valence-electron chi connectivity index (χ2n) is 3.88. The number of benzene rings is 1. The van der Waals surface area contributed by atoms with E-state index in [1.807, 2.05) is 18.2 Å². The zero-order valence-electron chi connectivity index (χ0n) is 9.90. The Morgan fingerprint density at radius 2 is 2.25 bits per heavy atom. The lowest BCUT2D eigenvalue weighted by molar-refractivity contribution is 0.0892.